The molecule has 0 atom stereocenters. The van der Waals surface area contributed by atoms with Gasteiger partial charge in [0.05, 0.1) is 0 Å². The Labute approximate surface area is 52.3 Å². The Bertz CT molecular complexity index is 144. The van der Waals surface area contributed by atoms with Crippen molar-refractivity contribution in [3.05, 3.63) is 16.0 Å². The molecule has 0 aliphatic rings. The molecule has 0 spiro atoms. The Morgan fingerprint density at radius 2 is 2.43 bits per heavy atom. The summed E-state index contributed by atoms with van der Waals surface area (Å²) in [5.74, 6) is 0. The first-order chi connectivity index (χ1) is 3.29. The van der Waals surface area contributed by atoms with Crippen LogP contribution in [0.4, 0.5) is 0 Å². The van der Waals surface area contributed by atoms with Crippen LogP contribution in [-0.2, 0) is 0 Å². The van der Waals surface area contributed by atoms with Crippen molar-refractivity contribution in [1.82, 2.24) is 0 Å². The predicted octanol–water partition coefficient (Wildman–Crippen LogP) is 1.10. The quantitative estimate of drug-likeness (QED) is 0.595. The second-order valence-electron chi connectivity index (χ2n) is 1.10. The summed E-state index contributed by atoms with van der Waals surface area (Å²) in [5, 5.41) is 9.32. The van der Waals surface area contributed by atoms with Gasteiger partial charge in [-0.2, -0.15) is 0 Å². The molecule has 0 saturated heterocycles. The molecule has 38 valence electrons. The molecule has 0 amide bonds. The Morgan fingerprint density at radius 1 is 1.71 bits per heavy atom. The summed E-state index contributed by atoms with van der Waals surface area (Å²) in [7, 11) is 0. The number of hydrogen-bond donors (Lipinski definition) is 1. The van der Waals surface area contributed by atoms with E-state index in [1.807, 2.05) is 4.94 Å². The molecule has 0 bridgehead atoms. The van der Waals surface area contributed by atoms with Crippen LogP contribution < -0.4 is 0 Å². The van der Waals surface area contributed by atoms with Gasteiger partial charge in [-0.15, -0.1) is 0 Å². The van der Waals surface area contributed by atoms with Crippen LogP contribution in [0.25, 0.3) is 0 Å². The molecule has 0 saturated carbocycles. The third-order valence-electron chi connectivity index (χ3n) is 0.554. The van der Waals surface area contributed by atoms with Crippen molar-refractivity contribution in [2.24, 2.45) is 0 Å². The van der Waals surface area contributed by atoms with E-state index < -0.39 is 0 Å². The summed E-state index contributed by atoms with van der Waals surface area (Å²) in [4.78, 5) is 1.82. The molecular formula is C4H3ClOSe. The van der Waals surface area contributed by atoms with Crippen LogP contribution in [0.3, 0.4) is 0 Å². The van der Waals surface area contributed by atoms with Crippen molar-refractivity contribution >= 4 is 26.1 Å². The van der Waals surface area contributed by atoms with Crippen LogP contribution in [0, 0.1) is 0 Å². The molecule has 1 heterocycles. The van der Waals surface area contributed by atoms with E-state index in [9.17, 15) is 0 Å². The Kier molecular flexibility index (Phi) is 1.43. The average Bonchev–Trinajstić information content (AvgIpc) is 1.87. The van der Waals surface area contributed by atoms with Crippen LogP contribution in [-0.4, -0.2) is 19.6 Å². The molecular weight excluding hydrogens is 178 g/mol. The molecule has 1 rings (SSSR count). The number of rotatable bonds is 0. The van der Waals surface area contributed by atoms with E-state index in [1.165, 1.54) is 0 Å². The van der Waals surface area contributed by atoms with Gasteiger partial charge in [-0.05, 0) is 0 Å². The molecule has 1 aromatic rings. The molecule has 3 heteroatoms. The third kappa shape index (κ3) is 1.23. The molecule has 0 aromatic carbocycles. The van der Waals surface area contributed by atoms with Crippen molar-refractivity contribution in [2.45, 2.75) is 0 Å². The molecule has 0 fully saturated rings. The fourth-order valence-electron chi connectivity index (χ4n) is 0.303. The van der Waals surface area contributed by atoms with Crippen LogP contribution >= 0.6 is 11.6 Å². The fourth-order valence-corrected chi connectivity index (χ4v) is 1.83. The summed E-state index contributed by atoms with van der Waals surface area (Å²) >= 11 is 5.57. The molecule has 1 aromatic heterocycles. The first-order valence-corrected chi connectivity index (χ1v) is 3.94. The van der Waals surface area contributed by atoms with E-state index in [1.54, 1.807) is 6.07 Å². The summed E-state index contributed by atoms with van der Waals surface area (Å²) in [6, 6.07) is 1.57. The summed E-state index contributed by atoms with van der Waals surface area (Å²) in [6.07, 6.45) is 0. The van der Waals surface area contributed by atoms with E-state index in [0.29, 0.717) is 9.65 Å². The zero-order valence-corrected chi connectivity index (χ0v) is 5.86. The molecule has 0 radical (unpaired) electrons. The van der Waals surface area contributed by atoms with Gasteiger partial charge in [-0.25, -0.2) is 0 Å². The summed E-state index contributed by atoms with van der Waals surface area (Å²) in [5.41, 5.74) is 0. The summed E-state index contributed by atoms with van der Waals surface area (Å²) in [6.45, 7) is 0. The maximum absolute atomic E-state index is 8.65. The monoisotopic (exact) mass is 182 g/mol. The molecule has 0 aliphatic carbocycles. The van der Waals surface area contributed by atoms with Gasteiger partial charge in [-0.3, -0.25) is 0 Å². The SMILES string of the molecule is Oc1cc(Cl)c[se]1. The topological polar surface area (TPSA) is 20.2 Å². The summed E-state index contributed by atoms with van der Waals surface area (Å²) < 4.78 is 0.414. The van der Waals surface area contributed by atoms with Crippen molar-refractivity contribution in [3.63, 3.8) is 0 Å². The third-order valence-corrected chi connectivity index (χ3v) is 2.60. The van der Waals surface area contributed by atoms with E-state index in [-0.39, 0.29) is 14.5 Å². The molecule has 1 nitrogen and oxygen atoms in total. The zero-order chi connectivity index (χ0) is 5.28. The maximum atomic E-state index is 8.65. The van der Waals surface area contributed by atoms with E-state index in [2.05, 4.69) is 0 Å². The van der Waals surface area contributed by atoms with Crippen molar-refractivity contribution in [1.29, 1.82) is 0 Å². The van der Waals surface area contributed by atoms with Crippen LogP contribution in [0.1, 0.15) is 0 Å². The minimum absolute atomic E-state index is 0.122. The standard InChI is InChI=1S/C4H3ClOSe/c5-3-1-4(6)7-2-3/h1-2,6H. The van der Waals surface area contributed by atoms with E-state index in [4.69, 9.17) is 16.7 Å². The minimum atomic E-state index is 0.122. The van der Waals surface area contributed by atoms with Gasteiger partial charge in [0, 0.05) is 0 Å². The normalized spacial score (nSPS) is 9.29. The number of halogens is 1. The van der Waals surface area contributed by atoms with Crippen molar-refractivity contribution in [2.75, 3.05) is 0 Å². The van der Waals surface area contributed by atoms with Gasteiger partial charge >= 0.3 is 51.9 Å². The van der Waals surface area contributed by atoms with Crippen LogP contribution in [0.5, 0.6) is 4.62 Å². The number of hydrogen-bond acceptors (Lipinski definition) is 1. The second kappa shape index (κ2) is 1.91. The van der Waals surface area contributed by atoms with Gasteiger partial charge in [-0.1, -0.05) is 0 Å². The molecule has 0 aliphatic heterocycles. The van der Waals surface area contributed by atoms with Gasteiger partial charge in [0.1, 0.15) is 0 Å². The first-order valence-electron chi connectivity index (χ1n) is 1.72. The molecule has 1 N–H and O–H groups in total. The second-order valence-corrected chi connectivity index (χ2v) is 3.41. The van der Waals surface area contributed by atoms with Gasteiger partial charge in [0.15, 0.2) is 0 Å². The van der Waals surface area contributed by atoms with Crippen LogP contribution in [0.2, 0.25) is 5.02 Å². The van der Waals surface area contributed by atoms with Crippen molar-refractivity contribution in [3.8, 4) is 4.62 Å². The fraction of sp³-hybridized carbons (Fsp3) is 0. The van der Waals surface area contributed by atoms with Gasteiger partial charge < -0.3 is 0 Å². The van der Waals surface area contributed by atoms with Gasteiger partial charge in [0.2, 0.25) is 0 Å². The predicted molar refractivity (Wildman–Crippen MR) is 30.1 cm³/mol. The molecule has 7 heavy (non-hydrogen) atoms. The Morgan fingerprint density at radius 3 is 2.57 bits per heavy atom. The molecule has 0 unspecified atom stereocenters. The van der Waals surface area contributed by atoms with Crippen LogP contribution in [0.15, 0.2) is 11.0 Å². The number of aromatic hydroxyl groups is 1. The zero-order valence-electron chi connectivity index (χ0n) is 3.39. The van der Waals surface area contributed by atoms with E-state index in [0.717, 1.165) is 0 Å². The van der Waals surface area contributed by atoms with Crippen molar-refractivity contribution < 1.29 is 5.11 Å². The average molecular weight is 181 g/mol. The first kappa shape index (κ1) is 5.23. The Balaban J connectivity index is 3.04. The van der Waals surface area contributed by atoms with Gasteiger partial charge in [0.25, 0.3) is 0 Å². The van der Waals surface area contributed by atoms with E-state index >= 15 is 0 Å². The Hall–Kier alpha value is 0.0895.